The van der Waals surface area contributed by atoms with Crippen molar-refractivity contribution < 1.29 is 13.2 Å². The zero-order valence-electron chi connectivity index (χ0n) is 7.79. The Labute approximate surface area is 98.0 Å². The molecular weight excluding hydrogens is 285 g/mol. The number of hydrogen-bond acceptors (Lipinski definition) is 1. The minimum atomic E-state index is -4.44. The monoisotopic (exact) mass is 289 g/mol. The predicted molar refractivity (Wildman–Crippen MR) is 57.0 cm³/mol. The highest BCUT2D eigenvalue weighted by Gasteiger charge is 2.40. The van der Waals surface area contributed by atoms with Gasteiger partial charge in [0.1, 0.15) is 11.3 Å². The van der Waals surface area contributed by atoms with Gasteiger partial charge in [0.2, 0.25) is 0 Å². The molecule has 1 radical (unpaired) electrons. The van der Waals surface area contributed by atoms with Crippen LogP contribution < -0.4 is 5.43 Å². The van der Waals surface area contributed by atoms with Crippen LogP contribution in [-0.4, -0.2) is 11.9 Å². The van der Waals surface area contributed by atoms with Crippen molar-refractivity contribution in [2.75, 3.05) is 0 Å². The van der Waals surface area contributed by atoms with E-state index in [0.717, 1.165) is 6.20 Å². The van der Waals surface area contributed by atoms with E-state index in [9.17, 15) is 13.2 Å². The van der Waals surface area contributed by atoms with Crippen molar-refractivity contribution in [1.82, 2.24) is 5.43 Å². The molecule has 1 aromatic carbocycles. The summed E-state index contributed by atoms with van der Waals surface area (Å²) in [6.45, 7) is 0. The van der Waals surface area contributed by atoms with Crippen LogP contribution in [0.2, 0.25) is 0 Å². The van der Waals surface area contributed by atoms with Crippen molar-refractivity contribution in [2.24, 2.45) is 5.10 Å². The summed E-state index contributed by atoms with van der Waals surface area (Å²) < 4.78 is 38.4. The molecule has 6 heteroatoms. The standard InChI is InChI=1S/C10H5BrF3N2/c11-8-4-2-1-3-6(8)9-7(5-15-16-9)10(12,13)14/h1-5H. The fourth-order valence-electron chi connectivity index (χ4n) is 1.32. The Kier molecular flexibility index (Phi) is 2.75. The third kappa shape index (κ3) is 1.97. The third-order valence-electron chi connectivity index (χ3n) is 2.03. The van der Waals surface area contributed by atoms with Crippen molar-refractivity contribution >= 4 is 21.6 Å². The average molecular weight is 290 g/mol. The van der Waals surface area contributed by atoms with Crippen LogP contribution in [-0.2, 0) is 0 Å². The van der Waals surface area contributed by atoms with Gasteiger partial charge in [0, 0.05) is 10.0 Å². The first-order valence-corrected chi connectivity index (χ1v) is 5.10. The van der Waals surface area contributed by atoms with Crippen molar-refractivity contribution in [3.05, 3.63) is 46.1 Å². The zero-order chi connectivity index (χ0) is 11.8. The van der Waals surface area contributed by atoms with Crippen LogP contribution in [0.3, 0.4) is 0 Å². The maximum Gasteiger partial charge on any atom is 0.420 e. The molecule has 0 aliphatic carbocycles. The largest absolute Gasteiger partial charge is 0.420 e. The molecular formula is C10H5BrF3N2. The van der Waals surface area contributed by atoms with Crippen LogP contribution in [0.15, 0.2) is 45.6 Å². The molecule has 0 amide bonds. The molecule has 2 rings (SSSR count). The van der Waals surface area contributed by atoms with Crippen LogP contribution in [0.1, 0.15) is 5.56 Å². The number of halogens is 4. The molecule has 1 heterocycles. The van der Waals surface area contributed by atoms with Gasteiger partial charge < -0.3 is 0 Å². The van der Waals surface area contributed by atoms with Crippen LogP contribution in [0.25, 0.3) is 0 Å². The fraction of sp³-hybridized carbons (Fsp3) is 0.100. The predicted octanol–water partition coefficient (Wildman–Crippen LogP) is 3.22. The van der Waals surface area contributed by atoms with Crippen LogP contribution in [0.4, 0.5) is 13.2 Å². The zero-order valence-corrected chi connectivity index (χ0v) is 9.38. The molecule has 16 heavy (non-hydrogen) atoms. The molecule has 83 valence electrons. The summed E-state index contributed by atoms with van der Waals surface area (Å²) in [7, 11) is 0. The second-order valence-electron chi connectivity index (χ2n) is 3.08. The number of alkyl halides is 3. The van der Waals surface area contributed by atoms with E-state index in [-0.39, 0.29) is 5.71 Å². The van der Waals surface area contributed by atoms with E-state index in [1.165, 1.54) is 0 Å². The Morgan fingerprint density at radius 2 is 1.81 bits per heavy atom. The smallest absolute Gasteiger partial charge is 0.166 e. The van der Waals surface area contributed by atoms with Gasteiger partial charge >= 0.3 is 6.18 Å². The highest BCUT2D eigenvalue weighted by Crippen LogP contribution is 2.32. The molecule has 0 spiro atoms. The quantitative estimate of drug-likeness (QED) is 0.759. The first-order valence-electron chi connectivity index (χ1n) is 4.30. The number of rotatable bonds is 1. The molecule has 1 aliphatic heterocycles. The van der Waals surface area contributed by atoms with Crippen LogP contribution in [0.5, 0.6) is 0 Å². The maximum atomic E-state index is 12.6. The first kappa shape index (κ1) is 11.2. The Morgan fingerprint density at radius 1 is 1.12 bits per heavy atom. The van der Waals surface area contributed by atoms with Gasteiger partial charge in [0.15, 0.2) is 0 Å². The molecule has 0 aromatic heterocycles. The Hall–Kier alpha value is -1.30. The van der Waals surface area contributed by atoms with Gasteiger partial charge in [-0.05, 0) is 6.07 Å². The normalized spacial score (nSPS) is 15.5. The summed E-state index contributed by atoms with van der Waals surface area (Å²) in [4.78, 5) is 0. The highest BCUT2D eigenvalue weighted by molar-refractivity contribution is 9.10. The summed E-state index contributed by atoms with van der Waals surface area (Å²) >= 11 is 3.18. The third-order valence-corrected chi connectivity index (χ3v) is 2.73. The lowest BCUT2D eigenvalue weighted by atomic mass is 10.0. The number of allylic oxidation sites excluding steroid dienone is 1. The van der Waals surface area contributed by atoms with Gasteiger partial charge in [-0.2, -0.15) is 18.6 Å². The summed E-state index contributed by atoms with van der Waals surface area (Å²) in [5, 5.41) is 3.51. The van der Waals surface area contributed by atoms with Crippen LogP contribution >= 0.6 is 15.9 Å². The van der Waals surface area contributed by atoms with E-state index in [1.54, 1.807) is 24.3 Å². The maximum absolute atomic E-state index is 12.6. The average Bonchev–Trinajstić information content (AvgIpc) is 2.66. The second kappa shape index (κ2) is 3.93. The topological polar surface area (TPSA) is 26.5 Å². The Morgan fingerprint density at radius 3 is 2.44 bits per heavy atom. The van der Waals surface area contributed by atoms with Gasteiger partial charge in [-0.1, -0.05) is 34.1 Å². The Bertz CT molecular complexity index is 477. The molecule has 0 bridgehead atoms. The molecule has 0 N–H and O–H groups in total. The second-order valence-corrected chi connectivity index (χ2v) is 3.94. The summed E-state index contributed by atoms with van der Waals surface area (Å²) in [5.41, 5.74) is 2.72. The molecule has 1 aromatic rings. The van der Waals surface area contributed by atoms with Gasteiger partial charge in [0.25, 0.3) is 0 Å². The van der Waals surface area contributed by atoms with Gasteiger partial charge in [-0.3, -0.25) is 0 Å². The van der Waals surface area contributed by atoms with Gasteiger partial charge in [-0.15, -0.1) is 5.10 Å². The van der Waals surface area contributed by atoms with Crippen LogP contribution in [0, 0.1) is 0 Å². The fourth-order valence-corrected chi connectivity index (χ4v) is 1.79. The molecule has 0 fully saturated rings. The lowest BCUT2D eigenvalue weighted by molar-refractivity contribution is -0.0859. The highest BCUT2D eigenvalue weighted by atomic mass is 79.9. The molecule has 0 saturated heterocycles. The first-order chi connectivity index (χ1) is 7.50. The van der Waals surface area contributed by atoms with E-state index in [2.05, 4.69) is 26.5 Å². The summed E-state index contributed by atoms with van der Waals surface area (Å²) in [5.74, 6) is 0. The lowest BCUT2D eigenvalue weighted by Gasteiger charge is -2.10. The van der Waals surface area contributed by atoms with Gasteiger partial charge in [-0.25, -0.2) is 0 Å². The van der Waals surface area contributed by atoms with Crippen molar-refractivity contribution in [3.63, 3.8) is 0 Å². The molecule has 0 atom stereocenters. The van der Waals surface area contributed by atoms with E-state index >= 15 is 0 Å². The van der Waals surface area contributed by atoms with E-state index in [0.29, 0.717) is 10.0 Å². The van der Waals surface area contributed by atoms with Crippen molar-refractivity contribution in [1.29, 1.82) is 0 Å². The van der Waals surface area contributed by atoms with Gasteiger partial charge in [0.05, 0.1) is 6.20 Å². The summed E-state index contributed by atoms with van der Waals surface area (Å²) in [6, 6.07) is 6.58. The molecule has 0 unspecified atom stereocenters. The number of nitrogens with zero attached hydrogens (tertiary/aromatic N) is 2. The van der Waals surface area contributed by atoms with Crippen molar-refractivity contribution in [3.8, 4) is 0 Å². The van der Waals surface area contributed by atoms with E-state index in [4.69, 9.17) is 0 Å². The number of hydrogen-bond donors (Lipinski definition) is 0. The van der Waals surface area contributed by atoms with E-state index in [1.807, 2.05) is 0 Å². The molecule has 0 saturated carbocycles. The Balaban J connectivity index is 2.45. The van der Waals surface area contributed by atoms with E-state index < -0.39 is 11.7 Å². The van der Waals surface area contributed by atoms with Crippen molar-refractivity contribution in [2.45, 2.75) is 6.18 Å². The molecule has 2 nitrogen and oxygen atoms in total. The minimum absolute atomic E-state index is 0.153. The lowest BCUT2D eigenvalue weighted by Crippen LogP contribution is -2.19. The molecule has 1 aliphatic rings. The summed E-state index contributed by atoms with van der Waals surface area (Å²) in [6.07, 6.45) is -3.71. The SMILES string of the molecule is FC(F)(F)C1=C[N]N=C1c1ccccc1Br. The minimum Gasteiger partial charge on any atom is -0.166 e. The number of benzene rings is 1.